The molecule has 1 atom stereocenters. The van der Waals surface area contributed by atoms with Crippen LogP contribution in [-0.2, 0) is 26.3 Å². The minimum Gasteiger partial charge on any atom is -0.508 e. The van der Waals surface area contributed by atoms with Gasteiger partial charge in [0.2, 0.25) is 0 Å². The minimum absolute atomic E-state index is 0.137. The molecule has 2 N–H and O–H groups in total. The summed E-state index contributed by atoms with van der Waals surface area (Å²) in [6.07, 6.45) is 0.548. The summed E-state index contributed by atoms with van der Waals surface area (Å²) in [5.41, 5.74) is 1.94. The molecule has 0 aromatic heterocycles. The van der Waals surface area contributed by atoms with Crippen molar-refractivity contribution in [3.63, 3.8) is 0 Å². The number of aryl methyl sites for hydroxylation is 1. The lowest BCUT2D eigenvalue weighted by atomic mass is 9.82. The van der Waals surface area contributed by atoms with E-state index in [2.05, 4.69) is 31.3 Å². The molecule has 35 heavy (non-hydrogen) atoms. The first kappa shape index (κ1) is 26.5. The zero-order valence-electron chi connectivity index (χ0n) is 21.5. The van der Waals surface area contributed by atoms with Crippen molar-refractivity contribution in [1.82, 2.24) is 10.2 Å². The first-order valence-electron chi connectivity index (χ1n) is 12.3. The summed E-state index contributed by atoms with van der Waals surface area (Å²) < 4.78 is 12.0. The summed E-state index contributed by atoms with van der Waals surface area (Å²) in [5.74, 6) is -0.122. The van der Waals surface area contributed by atoms with Crippen molar-refractivity contribution in [2.45, 2.75) is 71.1 Å². The third-order valence-corrected chi connectivity index (χ3v) is 6.08. The standard InChI is InChI=1S/C28H38N2O5/c1-6-7-16-34-28(23-11-9-8-10-20(23)2)18-30(19-28)25(32)24(35-26(33)29-27(3,4)5)17-21-12-14-22(31)15-13-21/h8-15,24,31H,6-7,16-19H2,1-5H3,(H,29,33). The van der Waals surface area contributed by atoms with Gasteiger partial charge in [0.25, 0.3) is 5.91 Å². The summed E-state index contributed by atoms with van der Waals surface area (Å²) in [7, 11) is 0. The molecule has 3 rings (SSSR count). The predicted octanol–water partition coefficient (Wildman–Crippen LogP) is 4.69. The van der Waals surface area contributed by atoms with Crippen molar-refractivity contribution in [2.75, 3.05) is 19.7 Å². The van der Waals surface area contributed by atoms with Gasteiger partial charge >= 0.3 is 6.09 Å². The van der Waals surface area contributed by atoms with Crippen LogP contribution in [0, 0.1) is 6.92 Å². The molecule has 190 valence electrons. The number of hydrogen-bond acceptors (Lipinski definition) is 5. The molecule has 0 bridgehead atoms. The second-order valence-electron chi connectivity index (χ2n) is 10.3. The van der Waals surface area contributed by atoms with E-state index in [1.165, 1.54) is 0 Å². The maximum absolute atomic E-state index is 13.5. The second kappa shape index (κ2) is 11.1. The SMILES string of the molecule is CCCCOC1(c2ccccc2C)CN(C(=O)C(Cc2ccc(O)cc2)OC(=O)NC(C)(C)C)C1. The van der Waals surface area contributed by atoms with Gasteiger partial charge in [-0.3, -0.25) is 4.79 Å². The Kier molecular flexibility index (Phi) is 8.43. The quantitative estimate of drug-likeness (QED) is 0.506. The molecule has 7 heteroatoms. The molecule has 0 spiro atoms. The van der Waals surface area contributed by atoms with E-state index in [9.17, 15) is 14.7 Å². The smallest absolute Gasteiger partial charge is 0.408 e. The zero-order valence-corrected chi connectivity index (χ0v) is 21.5. The number of phenolic OH excluding ortho intramolecular Hbond substituents is 1. The Morgan fingerprint density at radius 2 is 1.77 bits per heavy atom. The van der Waals surface area contributed by atoms with E-state index in [-0.39, 0.29) is 18.1 Å². The Morgan fingerprint density at radius 3 is 2.37 bits per heavy atom. The summed E-state index contributed by atoms with van der Waals surface area (Å²) in [4.78, 5) is 27.8. The number of carbonyl (C=O) groups is 2. The molecule has 2 aromatic carbocycles. The van der Waals surface area contributed by atoms with E-state index in [0.717, 1.165) is 29.5 Å². The van der Waals surface area contributed by atoms with Crippen molar-refractivity contribution >= 4 is 12.0 Å². The molecule has 2 amide bonds. The maximum Gasteiger partial charge on any atom is 0.408 e. The number of rotatable bonds is 9. The van der Waals surface area contributed by atoms with Gasteiger partial charge < -0.3 is 24.8 Å². The number of carbonyl (C=O) groups excluding carboxylic acids is 2. The van der Waals surface area contributed by atoms with Gasteiger partial charge in [-0.15, -0.1) is 0 Å². The lowest BCUT2D eigenvalue weighted by Gasteiger charge is -2.51. The van der Waals surface area contributed by atoms with Crippen LogP contribution in [-0.4, -0.2) is 53.3 Å². The number of unbranched alkanes of at least 4 members (excludes halogenated alkanes) is 1. The molecule has 7 nitrogen and oxygen atoms in total. The van der Waals surface area contributed by atoms with Gasteiger partial charge in [0.1, 0.15) is 11.4 Å². The lowest BCUT2D eigenvalue weighted by molar-refractivity contribution is -0.180. The monoisotopic (exact) mass is 482 g/mol. The van der Waals surface area contributed by atoms with E-state index in [4.69, 9.17) is 9.47 Å². The molecule has 0 radical (unpaired) electrons. The van der Waals surface area contributed by atoms with Gasteiger partial charge in [0, 0.05) is 18.6 Å². The highest BCUT2D eigenvalue weighted by Crippen LogP contribution is 2.38. The molecule has 1 fully saturated rings. The van der Waals surface area contributed by atoms with E-state index in [1.807, 2.05) is 32.9 Å². The van der Waals surface area contributed by atoms with E-state index in [0.29, 0.717) is 19.7 Å². The molecule has 1 aliphatic rings. The fourth-order valence-corrected chi connectivity index (χ4v) is 4.26. The number of hydrogen-bond donors (Lipinski definition) is 2. The van der Waals surface area contributed by atoms with E-state index >= 15 is 0 Å². The van der Waals surface area contributed by atoms with Gasteiger partial charge in [-0.1, -0.05) is 49.7 Å². The normalized spacial score (nSPS) is 15.7. The predicted molar refractivity (Wildman–Crippen MR) is 135 cm³/mol. The average molecular weight is 483 g/mol. The molecule has 0 saturated carbocycles. The maximum atomic E-state index is 13.5. The molecule has 2 aromatic rings. The Hall–Kier alpha value is -3.06. The third kappa shape index (κ3) is 6.98. The number of aromatic hydroxyl groups is 1. The molecule has 0 aliphatic carbocycles. The topological polar surface area (TPSA) is 88.1 Å². The fourth-order valence-electron chi connectivity index (χ4n) is 4.26. The van der Waals surface area contributed by atoms with Crippen LogP contribution in [0.15, 0.2) is 48.5 Å². The van der Waals surface area contributed by atoms with Crippen molar-refractivity contribution < 1.29 is 24.2 Å². The Morgan fingerprint density at radius 1 is 1.11 bits per heavy atom. The van der Waals surface area contributed by atoms with Crippen LogP contribution < -0.4 is 5.32 Å². The fraction of sp³-hybridized carbons (Fsp3) is 0.500. The van der Waals surface area contributed by atoms with Gasteiger partial charge in [-0.25, -0.2) is 4.79 Å². The van der Waals surface area contributed by atoms with Crippen molar-refractivity contribution in [1.29, 1.82) is 0 Å². The van der Waals surface area contributed by atoms with Crippen LogP contribution in [0.5, 0.6) is 5.75 Å². The minimum atomic E-state index is -0.993. The summed E-state index contributed by atoms with van der Waals surface area (Å²) in [6, 6.07) is 14.7. The molecular formula is C28H38N2O5. The lowest BCUT2D eigenvalue weighted by Crippen LogP contribution is -2.65. The Balaban J connectivity index is 1.78. The summed E-state index contributed by atoms with van der Waals surface area (Å²) in [5, 5.41) is 12.4. The van der Waals surface area contributed by atoms with Crippen molar-refractivity contribution in [3.05, 3.63) is 65.2 Å². The van der Waals surface area contributed by atoms with Gasteiger partial charge in [0.15, 0.2) is 6.10 Å². The van der Waals surface area contributed by atoms with Gasteiger partial charge in [-0.05, 0) is 62.9 Å². The highest BCUT2D eigenvalue weighted by molar-refractivity contribution is 5.85. The van der Waals surface area contributed by atoms with Crippen molar-refractivity contribution in [2.24, 2.45) is 0 Å². The first-order chi connectivity index (χ1) is 16.5. The number of nitrogens with one attached hydrogen (secondary N) is 1. The van der Waals surface area contributed by atoms with Crippen LogP contribution in [0.4, 0.5) is 4.79 Å². The van der Waals surface area contributed by atoms with Crippen LogP contribution in [0.2, 0.25) is 0 Å². The highest BCUT2D eigenvalue weighted by atomic mass is 16.6. The molecular weight excluding hydrogens is 444 g/mol. The Labute approximate surface area is 208 Å². The Bertz CT molecular complexity index is 1010. The summed E-state index contributed by atoms with van der Waals surface area (Å²) >= 11 is 0. The molecule has 1 unspecified atom stereocenters. The van der Waals surface area contributed by atoms with Gasteiger partial charge in [0.05, 0.1) is 13.1 Å². The number of benzene rings is 2. The van der Waals surface area contributed by atoms with Crippen LogP contribution >= 0.6 is 0 Å². The summed E-state index contributed by atoms with van der Waals surface area (Å²) in [6.45, 7) is 11.1. The first-order valence-corrected chi connectivity index (χ1v) is 12.3. The van der Waals surface area contributed by atoms with Gasteiger partial charge in [-0.2, -0.15) is 0 Å². The number of alkyl carbamates (subject to hydrolysis) is 1. The number of nitrogens with zero attached hydrogens (tertiary/aromatic N) is 1. The largest absolute Gasteiger partial charge is 0.508 e. The number of likely N-dealkylation sites (tertiary alicyclic amines) is 1. The number of amides is 2. The average Bonchev–Trinajstić information content (AvgIpc) is 2.75. The van der Waals surface area contributed by atoms with Crippen LogP contribution in [0.1, 0.15) is 57.2 Å². The van der Waals surface area contributed by atoms with Crippen LogP contribution in [0.25, 0.3) is 0 Å². The second-order valence-corrected chi connectivity index (χ2v) is 10.3. The zero-order chi connectivity index (χ0) is 25.6. The highest BCUT2D eigenvalue weighted by Gasteiger charge is 2.50. The van der Waals surface area contributed by atoms with Crippen molar-refractivity contribution in [3.8, 4) is 5.75 Å². The van der Waals surface area contributed by atoms with E-state index in [1.54, 1.807) is 29.2 Å². The molecule has 1 aliphatic heterocycles. The third-order valence-electron chi connectivity index (χ3n) is 6.08. The number of ether oxygens (including phenoxy) is 2. The van der Waals surface area contributed by atoms with Crippen LogP contribution in [0.3, 0.4) is 0 Å². The molecule has 1 saturated heterocycles. The van der Waals surface area contributed by atoms with E-state index < -0.39 is 23.3 Å². The molecule has 1 heterocycles. The number of phenols is 1.